The summed E-state index contributed by atoms with van der Waals surface area (Å²) >= 11 is 0. The van der Waals surface area contributed by atoms with Crippen LogP contribution in [0.3, 0.4) is 0 Å². The molecule has 1 N–H and O–H groups in total. The van der Waals surface area contributed by atoms with Crippen LogP contribution in [0.2, 0.25) is 0 Å². The zero-order chi connectivity index (χ0) is 14.8. The van der Waals surface area contributed by atoms with Gasteiger partial charge in [-0.05, 0) is 18.4 Å². The monoisotopic (exact) mass is 288 g/mol. The highest BCUT2D eigenvalue weighted by atomic mass is 16.5. The van der Waals surface area contributed by atoms with Crippen molar-refractivity contribution in [1.29, 1.82) is 0 Å². The second kappa shape index (κ2) is 5.85. The third kappa shape index (κ3) is 2.78. The highest BCUT2D eigenvalue weighted by Crippen LogP contribution is 2.31. The Morgan fingerprint density at radius 3 is 2.57 bits per heavy atom. The first-order valence-corrected chi connectivity index (χ1v) is 7.36. The number of rotatable bonds is 3. The van der Waals surface area contributed by atoms with Crippen molar-refractivity contribution < 1.29 is 14.3 Å². The molecule has 5 nitrogen and oxygen atoms in total. The summed E-state index contributed by atoms with van der Waals surface area (Å²) in [5, 5.41) is 2.84. The van der Waals surface area contributed by atoms with Crippen LogP contribution in [-0.4, -0.2) is 42.5 Å². The maximum Gasteiger partial charge on any atom is 0.250 e. The number of nitrogens with one attached hydrogen (secondary N) is 1. The number of ether oxygens (including phenoxy) is 1. The van der Waals surface area contributed by atoms with Crippen molar-refractivity contribution >= 4 is 11.8 Å². The van der Waals surface area contributed by atoms with E-state index in [4.69, 9.17) is 4.74 Å². The summed E-state index contributed by atoms with van der Waals surface area (Å²) in [5.74, 6) is -0.0751. The maximum absolute atomic E-state index is 12.8. The number of hydrogen-bond acceptors (Lipinski definition) is 3. The molecule has 21 heavy (non-hydrogen) atoms. The van der Waals surface area contributed by atoms with Gasteiger partial charge in [0.2, 0.25) is 11.8 Å². The van der Waals surface area contributed by atoms with Gasteiger partial charge in [-0.3, -0.25) is 9.59 Å². The Labute approximate surface area is 124 Å². The summed E-state index contributed by atoms with van der Waals surface area (Å²) in [6, 6.07) is 9.06. The molecule has 2 fully saturated rings. The van der Waals surface area contributed by atoms with Gasteiger partial charge in [0.05, 0.1) is 6.10 Å². The lowest BCUT2D eigenvalue weighted by Gasteiger charge is -2.42. The Balaban J connectivity index is 1.80. The molecule has 0 aromatic heterocycles. The Morgan fingerprint density at radius 2 is 1.90 bits per heavy atom. The van der Waals surface area contributed by atoms with Crippen LogP contribution in [0.4, 0.5) is 0 Å². The van der Waals surface area contributed by atoms with E-state index in [0.717, 1.165) is 18.4 Å². The van der Waals surface area contributed by atoms with E-state index in [2.05, 4.69) is 5.32 Å². The minimum Gasteiger partial charge on any atom is -0.381 e. The molecule has 1 atom stereocenters. The lowest BCUT2D eigenvalue weighted by Crippen LogP contribution is -2.52. The summed E-state index contributed by atoms with van der Waals surface area (Å²) in [6.45, 7) is 0.495. The molecule has 112 valence electrons. The highest BCUT2D eigenvalue weighted by molar-refractivity contribution is 5.91. The molecule has 0 spiro atoms. The number of amides is 2. The van der Waals surface area contributed by atoms with Crippen LogP contribution in [0, 0.1) is 0 Å². The van der Waals surface area contributed by atoms with Gasteiger partial charge in [0, 0.05) is 26.1 Å². The predicted octanol–water partition coefficient (Wildman–Crippen LogP) is 1.25. The first-order chi connectivity index (χ1) is 10.2. The van der Waals surface area contributed by atoms with Crippen molar-refractivity contribution in [3.05, 3.63) is 35.9 Å². The molecule has 1 heterocycles. The average molecular weight is 288 g/mol. The van der Waals surface area contributed by atoms with Gasteiger partial charge in [-0.25, -0.2) is 0 Å². The topological polar surface area (TPSA) is 58.6 Å². The molecular formula is C16H20N2O3. The molecule has 5 heteroatoms. The van der Waals surface area contributed by atoms with Gasteiger partial charge in [-0.2, -0.15) is 0 Å². The van der Waals surface area contributed by atoms with E-state index in [1.807, 2.05) is 35.2 Å². The molecule has 1 aliphatic heterocycles. The van der Waals surface area contributed by atoms with Gasteiger partial charge in [-0.1, -0.05) is 30.3 Å². The lowest BCUT2D eigenvalue weighted by molar-refractivity contribution is -0.140. The summed E-state index contributed by atoms with van der Waals surface area (Å²) < 4.78 is 5.29. The van der Waals surface area contributed by atoms with Gasteiger partial charge in [-0.15, -0.1) is 0 Å². The second-order valence-corrected chi connectivity index (χ2v) is 5.68. The van der Waals surface area contributed by atoms with Crippen molar-refractivity contribution in [1.82, 2.24) is 10.2 Å². The first-order valence-electron chi connectivity index (χ1n) is 7.36. The molecular weight excluding hydrogens is 268 g/mol. The number of carbonyl (C=O) groups excluding carboxylic acids is 2. The molecule has 3 rings (SSSR count). The van der Waals surface area contributed by atoms with E-state index in [0.29, 0.717) is 13.0 Å². The van der Waals surface area contributed by atoms with E-state index in [1.54, 1.807) is 7.11 Å². The van der Waals surface area contributed by atoms with Crippen LogP contribution in [0.1, 0.15) is 30.9 Å². The summed E-state index contributed by atoms with van der Waals surface area (Å²) in [5.41, 5.74) is 0.838. The number of carbonyl (C=O) groups is 2. The summed E-state index contributed by atoms with van der Waals surface area (Å²) in [4.78, 5) is 26.5. The zero-order valence-electron chi connectivity index (χ0n) is 12.1. The van der Waals surface area contributed by atoms with Crippen molar-refractivity contribution in [2.75, 3.05) is 13.7 Å². The quantitative estimate of drug-likeness (QED) is 0.911. The van der Waals surface area contributed by atoms with Crippen molar-refractivity contribution in [3.8, 4) is 0 Å². The Morgan fingerprint density at radius 1 is 1.19 bits per heavy atom. The van der Waals surface area contributed by atoms with E-state index < -0.39 is 6.04 Å². The standard InChI is InChI=1S/C16H20N2O3/c1-21-13-9-12(10-13)18-8-7-14(19)17-15(16(18)20)11-5-3-2-4-6-11/h2-6,12-13,15H,7-10H2,1H3,(H,17,19). The van der Waals surface area contributed by atoms with Gasteiger partial charge >= 0.3 is 0 Å². The van der Waals surface area contributed by atoms with E-state index >= 15 is 0 Å². The fourth-order valence-corrected chi connectivity index (χ4v) is 3.01. The van der Waals surface area contributed by atoms with Gasteiger partial charge < -0.3 is 15.0 Å². The average Bonchev–Trinajstić information content (AvgIpc) is 2.60. The number of benzene rings is 1. The fourth-order valence-electron chi connectivity index (χ4n) is 3.01. The molecule has 1 unspecified atom stereocenters. The molecule has 2 amide bonds. The second-order valence-electron chi connectivity index (χ2n) is 5.68. The van der Waals surface area contributed by atoms with Gasteiger partial charge in [0.1, 0.15) is 6.04 Å². The Kier molecular flexibility index (Phi) is 3.92. The van der Waals surface area contributed by atoms with Crippen LogP contribution in [0.5, 0.6) is 0 Å². The zero-order valence-corrected chi connectivity index (χ0v) is 12.1. The van der Waals surface area contributed by atoms with Gasteiger partial charge in [0.25, 0.3) is 0 Å². The third-order valence-corrected chi connectivity index (χ3v) is 4.39. The van der Waals surface area contributed by atoms with E-state index in [9.17, 15) is 9.59 Å². The first kappa shape index (κ1) is 14.1. The molecule has 1 aromatic carbocycles. The van der Waals surface area contributed by atoms with Crippen LogP contribution in [0.25, 0.3) is 0 Å². The number of hydrogen-bond donors (Lipinski definition) is 1. The molecule has 1 saturated carbocycles. The minimum absolute atomic E-state index is 0.00777. The molecule has 0 bridgehead atoms. The van der Waals surface area contributed by atoms with Crippen LogP contribution >= 0.6 is 0 Å². The van der Waals surface area contributed by atoms with E-state index in [1.165, 1.54) is 0 Å². The number of nitrogens with zero attached hydrogens (tertiary/aromatic N) is 1. The molecule has 2 aliphatic rings. The SMILES string of the molecule is COC1CC(N2CCC(=O)NC(c3ccccc3)C2=O)C1. The lowest BCUT2D eigenvalue weighted by atomic mass is 9.87. The molecule has 0 radical (unpaired) electrons. The Hall–Kier alpha value is -1.88. The fraction of sp³-hybridized carbons (Fsp3) is 0.500. The van der Waals surface area contributed by atoms with Crippen molar-refractivity contribution in [3.63, 3.8) is 0 Å². The van der Waals surface area contributed by atoms with Crippen molar-refractivity contribution in [2.45, 2.75) is 37.5 Å². The molecule has 1 aliphatic carbocycles. The predicted molar refractivity (Wildman–Crippen MR) is 77.5 cm³/mol. The molecule has 1 aromatic rings. The number of methoxy groups -OCH3 is 1. The largest absolute Gasteiger partial charge is 0.381 e. The summed E-state index contributed by atoms with van der Waals surface area (Å²) in [6.07, 6.45) is 2.32. The normalized spacial score (nSPS) is 29.6. The van der Waals surface area contributed by atoms with Gasteiger partial charge in [0.15, 0.2) is 0 Å². The highest BCUT2D eigenvalue weighted by Gasteiger charge is 2.40. The van der Waals surface area contributed by atoms with Crippen molar-refractivity contribution in [2.24, 2.45) is 0 Å². The van der Waals surface area contributed by atoms with Crippen LogP contribution in [0.15, 0.2) is 30.3 Å². The third-order valence-electron chi connectivity index (χ3n) is 4.39. The smallest absolute Gasteiger partial charge is 0.250 e. The van der Waals surface area contributed by atoms with E-state index in [-0.39, 0.29) is 24.0 Å². The maximum atomic E-state index is 12.8. The van der Waals surface area contributed by atoms with Crippen LogP contribution in [-0.2, 0) is 14.3 Å². The minimum atomic E-state index is -0.567. The Bertz CT molecular complexity index is 526. The summed E-state index contributed by atoms with van der Waals surface area (Å²) in [7, 11) is 1.70. The van der Waals surface area contributed by atoms with Crippen LogP contribution < -0.4 is 5.32 Å². The molecule has 1 saturated heterocycles.